The van der Waals surface area contributed by atoms with Crippen molar-refractivity contribution in [2.75, 3.05) is 13.7 Å². The van der Waals surface area contributed by atoms with Crippen molar-refractivity contribution in [2.45, 2.75) is 96.9 Å². The molecule has 234 valence electrons. The van der Waals surface area contributed by atoms with Gasteiger partial charge in [-0.3, -0.25) is 14.4 Å². The molecule has 1 unspecified atom stereocenters. The average Bonchev–Trinajstić information content (AvgIpc) is 2.93. The Bertz CT molecular complexity index is 1370. The number of benzene rings is 1. The lowest BCUT2D eigenvalue weighted by Gasteiger charge is -2.68. The summed E-state index contributed by atoms with van der Waals surface area (Å²) in [5.41, 5.74) is -4.61. The van der Waals surface area contributed by atoms with Gasteiger partial charge in [0.05, 0.1) is 24.2 Å². The number of hydrogen-bond donors (Lipinski definition) is 1. The number of ether oxygens (including phenoxy) is 5. The number of esters is 3. The minimum absolute atomic E-state index is 0.00217. The van der Waals surface area contributed by atoms with Crippen molar-refractivity contribution >= 4 is 23.7 Å². The number of hydrogen-bond acceptors (Lipinski definition) is 10. The van der Waals surface area contributed by atoms with Gasteiger partial charge >= 0.3 is 17.9 Å². The molecule has 0 aromatic heterocycles. The summed E-state index contributed by atoms with van der Waals surface area (Å²) in [6, 6.07) is 8.39. The number of Topliss-reactive ketones (excluding diaryl/α,β-unsaturated/α-hetero) is 1. The summed E-state index contributed by atoms with van der Waals surface area (Å²) in [5.74, 6) is -3.83. The molecule has 1 N–H and O–H groups in total. The van der Waals surface area contributed by atoms with Gasteiger partial charge in [0, 0.05) is 38.2 Å². The van der Waals surface area contributed by atoms with E-state index in [-0.39, 0.29) is 18.6 Å². The molecule has 1 aromatic rings. The molecule has 1 heterocycles. The van der Waals surface area contributed by atoms with Gasteiger partial charge in [0.15, 0.2) is 17.5 Å². The molecule has 3 aliphatic carbocycles. The van der Waals surface area contributed by atoms with E-state index >= 15 is 4.79 Å². The fourth-order valence-electron chi connectivity index (χ4n) is 8.44. The summed E-state index contributed by atoms with van der Waals surface area (Å²) in [6.07, 6.45) is -3.66. The van der Waals surface area contributed by atoms with Crippen molar-refractivity contribution in [3.05, 3.63) is 47.0 Å². The van der Waals surface area contributed by atoms with Crippen LogP contribution in [-0.2, 0) is 38.1 Å². The number of fused-ring (bicyclic) bond motifs is 5. The minimum Gasteiger partial charge on any atom is -0.455 e. The van der Waals surface area contributed by atoms with Crippen LogP contribution in [0, 0.1) is 22.7 Å². The standard InChI is InChI=1S/C33H42O10/c1-17-14-23-32(16-40-23,43-20(4)35)26-28(42-29(37)21-12-10-9-11-13-21)33(38)15-22(39-8)18(2)24(30(33,5)6)25(41-19(3)34)27(36)31(17,26)7/h9-13,17,22-23,25-26,28,38H,14-16H2,1-8H3/t17-,22-,23+,25+,26?,28-,31+,32-,33+/m0/s1. The summed E-state index contributed by atoms with van der Waals surface area (Å²) in [6.45, 7) is 11.4. The minimum atomic E-state index is -1.87. The lowest BCUT2D eigenvalue weighted by Crippen LogP contribution is -2.80. The Balaban J connectivity index is 1.85. The molecule has 3 fully saturated rings. The summed E-state index contributed by atoms with van der Waals surface area (Å²) in [4.78, 5) is 54.2. The smallest absolute Gasteiger partial charge is 0.338 e. The third kappa shape index (κ3) is 4.39. The molecular formula is C33H42O10. The highest BCUT2D eigenvalue weighted by molar-refractivity contribution is 5.95. The van der Waals surface area contributed by atoms with Gasteiger partial charge in [-0.2, -0.15) is 0 Å². The van der Waals surface area contributed by atoms with Crippen molar-refractivity contribution in [1.82, 2.24) is 0 Å². The van der Waals surface area contributed by atoms with Crippen molar-refractivity contribution in [3.8, 4) is 0 Å². The van der Waals surface area contributed by atoms with Gasteiger partial charge in [0.25, 0.3) is 0 Å². The number of carbonyl (C=O) groups excluding carboxylic acids is 4. The fraction of sp³-hybridized carbons (Fsp3) is 0.636. The van der Waals surface area contributed by atoms with Crippen molar-refractivity contribution in [3.63, 3.8) is 0 Å². The molecule has 0 radical (unpaired) electrons. The van der Waals surface area contributed by atoms with E-state index in [1.54, 1.807) is 51.1 Å². The monoisotopic (exact) mass is 598 g/mol. The topological polar surface area (TPSA) is 135 Å². The zero-order valence-corrected chi connectivity index (χ0v) is 26.1. The molecule has 5 rings (SSSR count). The molecule has 4 aliphatic rings. The van der Waals surface area contributed by atoms with E-state index in [1.165, 1.54) is 21.0 Å². The van der Waals surface area contributed by atoms with Crippen LogP contribution in [0.25, 0.3) is 0 Å². The van der Waals surface area contributed by atoms with Crippen molar-refractivity contribution in [1.29, 1.82) is 0 Å². The highest BCUT2D eigenvalue weighted by Gasteiger charge is 2.77. The molecule has 1 saturated heterocycles. The van der Waals surface area contributed by atoms with Crippen LogP contribution < -0.4 is 0 Å². The largest absolute Gasteiger partial charge is 0.455 e. The Labute approximate surface area is 252 Å². The average molecular weight is 599 g/mol. The Morgan fingerprint density at radius 2 is 1.67 bits per heavy atom. The number of methoxy groups -OCH3 is 1. The highest BCUT2D eigenvalue weighted by atomic mass is 16.6. The summed E-state index contributed by atoms with van der Waals surface area (Å²) in [5, 5.41) is 13.1. The van der Waals surface area contributed by atoms with Crippen LogP contribution in [0.4, 0.5) is 0 Å². The zero-order valence-electron chi connectivity index (χ0n) is 26.1. The molecule has 0 spiro atoms. The first-order valence-electron chi connectivity index (χ1n) is 14.8. The molecule has 9 atom stereocenters. The maximum Gasteiger partial charge on any atom is 0.338 e. The first kappa shape index (κ1) is 31.3. The number of aliphatic hydroxyl groups is 1. The summed E-state index contributed by atoms with van der Waals surface area (Å²) < 4.78 is 30.1. The predicted octanol–water partition coefficient (Wildman–Crippen LogP) is 3.58. The Kier molecular flexibility index (Phi) is 7.67. The van der Waals surface area contributed by atoms with E-state index in [9.17, 15) is 19.5 Å². The molecule has 43 heavy (non-hydrogen) atoms. The van der Waals surface area contributed by atoms with E-state index in [1.807, 2.05) is 13.8 Å². The van der Waals surface area contributed by atoms with Crippen LogP contribution in [-0.4, -0.2) is 78.1 Å². The molecule has 1 aliphatic heterocycles. The van der Waals surface area contributed by atoms with Gasteiger partial charge in [-0.1, -0.05) is 45.9 Å². The van der Waals surface area contributed by atoms with Crippen LogP contribution >= 0.6 is 0 Å². The fourth-order valence-corrected chi connectivity index (χ4v) is 8.44. The summed E-state index contributed by atoms with van der Waals surface area (Å²) >= 11 is 0. The zero-order chi connectivity index (χ0) is 31.7. The number of carbonyl (C=O) groups is 4. The van der Waals surface area contributed by atoms with Gasteiger partial charge in [-0.25, -0.2) is 4.79 Å². The maximum atomic E-state index is 15.1. The number of rotatable bonds is 5. The Hall–Kier alpha value is -3.08. The molecule has 2 saturated carbocycles. The first-order valence-corrected chi connectivity index (χ1v) is 14.8. The van der Waals surface area contributed by atoms with E-state index in [0.717, 1.165) is 0 Å². The van der Waals surface area contributed by atoms with Crippen LogP contribution in [0.5, 0.6) is 0 Å². The highest BCUT2D eigenvalue weighted by Crippen LogP contribution is 2.65. The van der Waals surface area contributed by atoms with E-state index in [0.29, 0.717) is 17.6 Å². The Morgan fingerprint density at radius 1 is 1.02 bits per heavy atom. The molecule has 1 aromatic carbocycles. The number of ketones is 1. The molecule has 10 nitrogen and oxygen atoms in total. The molecular weight excluding hydrogens is 556 g/mol. The molecule has 10 heteroatoms. The summed E-state index contributed by atoms with van der Waals surface area (Å²) in [7, 11) is 1.49. The van der Waals surface area contributed by atoms with E-state index < -0.39 is 82.0 Å². The van der Waals surface area contributed by atoms with Crippen LogP contribution in [0.1, 0.15) is 71.7 Å². The van der Waals surface area contributed by atoms with Crippen LogP contribution in [0.15, 0.2) is 41.5 Å². The van der Waals surface area contributed by atoms with Gasteiger partial charge in [0.2, 0.25) is 0 Å². The molecule has 2 bridgehead atoms. The normalized spacial score (nSPS) is 39.7. The maximum absolute atomic E-state index is 15.1. The van der Waals surface area contributed by atoms with Gasteiger partial charge < -0.3 is 28.8 Å². The van der Waals surface area contributed by atoms with Gasteiger partial charge in [-0.15, -0.1) is 0 Å². The lowest BCUT2D eigenvalue weighted by molar-refractivity contribution is -0.340. The van der Waals surface area contributed by atoms with Crippen molar-refractivity contribution < 1.29 is 48.0 Å². The van der Waals surface area contributed by atoms with Crippen LogP contribution in [0.2, 0.25) is 0 Å². The lowest BCUT2D eigenvalue weighted by atomic mass is 9.43. The molecule has 0 amide bonds. The van der Waals surface area contributed by atoms with Gasteiger partial charge in [0.1, 0.15) is 17.8 Å². The third-order valence-electron chi connectivity index (χ3n) is 10.9. The predicted molar refractivity (Wildman–Crippen MR) is 153 cm³/mol. The van der Waals surface area contributed by atoms with Crippen molar-refractivity contribution in [2.24, 2.45) is 22.7 Å². The first-order chi connectivity index (χ1) is 20.1. The third-order valence-corrected chi connectivity index (χ3v) is 10.9. The quantitative estimate of drug-likeness (QED) is 0.304. The van der Waals surface area contributed by atoms with E-state index in [2.05, 4.69) is 0 Å². The SMILES string of the molecule is CO[C@H]1C[C@@]2(O)[C@@H](OC(=O)c3ccccc3)C3[C@](C)(C(=O)[C@H](OC(C)=O)C(=C1C)C2(C)C)[C@@H](C)C[C@H]1OC[C@@]31OC(C)=O. The second kappa shape index (κ2) is 10.5. The van der Waals surface area contributed by atoms with Gasteiger partial charge in [-0.05, 0) is 42.5 Å². The second-order valence-electron chi connectivity index (χ2n) is 13.4. The van der Waals surface area contributed by atoms with E-state index in [4.69, 9.17) is 23.7 Å². The Morgan fingerprint density at radius 3 is 2.21 bits per heavy atom. The van der Waals surface area contributed by atoms with Crippen LogP contribution in [0.3, 0.4) is 0 Å². The second-order valence-corrected chi connectivity index (χ2v) is 13.4.